The van der Waals surface area contributed by atoms with Gasteiger partial charge in [0.2, 0.25) is 0 Å². The minimum absolute atomic E-state index is 0. The second-order valence-corrected chi connectivity index (χ2v) is 0. The molecule has 0 aromatic heterocycles. The van der Waals surface area contributed by atoms with Gasteiger partial charge in [0, 0.05) is 0 Å². The Kier molecular flexibility index (Phi) is 1520. The van der Waals surface area contributed by atoms with Gasteiger partial charge >= 0.3 is 906 Å². The SMILES string of the molecule is Cl.Cl.Cl.Cl.Cl.[Ca+2].[Ca+2].[Ca+2].[Ca+2].[Ca+2].[Ca+2].[Ca+2].[Ca+2].[Ca+2].[Ca+2].[Ca+2].[Ca+2].[Ca+2].[Ca+2].[Ca+2].[Ca+2].[Ca+2].[Ca+2].[Ca+2].[Ca+2].[Ca+2].[Ca+2].[Ca+2].[Ca+2].[H-].[H-].[H-].[H-].[H-].[H-].[H-].[H-].[H-].[H-].[H-].[H-].[H-].[H-].[H-].[H-].[H-].[H-].[H-].[H-].[H-].[H-].[H-].[H-].[H-].[H-].[H-].[H-].[H-].[H-].[H-].[H-].[H-].[H-].[H-].[H-].[H-].[H-].[H-].[H-].[H-].[H-].[H-].[H-].[H-].[H-].[H-].[H-]. The van der Waals surface area contributed by atoms with Crippen LogP contribution in [0, 0.1) is 0 Å². The first kappa shape index (κ1) is 215. The van der Waals surface area contributed by atoms with E-state index < -0.39 is 0 Å². The van der Waals surface area contributed by atoms with Gasteiger partial charge in [-0.25, -0.2) is 0 Å². The first-order chi connectivity index (χ1) is 0. The predicted molar refractivity (Wildman–Crippen MR) is 228 cm³/mol. The largest absolute Gasteiger partial charge is 2.00 e. The van der Waals surface area contributed by atoms with E-state index >= 15 is 0 Å². The van der Waals surface area contributed by atoms with Crippen molar-refractivity contribution >= 4 is 968 Å². The maximum atomic E-state index is 0. The minimum atomic E-state index is 0. The second kappa shape index (κ2) is 205. The fourth-order valence-electron chi connectivity index (χ4n) is 0. The summed E-state index contributed by atoms with van der Waals surface area (Å²) >= 11 is 0. The summed E-state index contributed by atoms with van der Waals surface area (Å²) in [7, 11) is 0. The van der Waals surface area contributed by atoms with E-state index in [0.29, 0.717) is 0 Å². The van der Waals surface area contributed by atoms with Gasteiger partial charge in [-0.3, -0.25) is 0 Å². The molecule has 0 amide bonds. The molecule has 0 N–H and O–H groups in total. The maximum Gasteiger partial charge on any atom is 2.00 e. The summed E-state index contributed by atoms with van der Waals surface area (Å²) in [5.74, 6) is 0. The summed E-state index contributed by atoms with van der Waals surface area (Å²) in [5, 5.41) is 0. The molecule has 0 heterocycles. The maximum absolute atomic E-state index is 0. The van der Waals surface area contributed by atoms with Crippen LogP contribution >= 0.6 is 62.0 Å². The molecule has 0 saturated heterocycles. The number of hydrogen-bond donors (Lipinski definition) is 0. The smallest absolute Gasteiger partial charge is 1.00 e. The number of halogens is 5. The summed E-state index contributed by atoms with van der Waals surface area (Å²) in [6.07, 6.45) is 0. The average molecular weight is 1190 g/mol. The molecule has 0 aliphatic carbocycles. The molecule has 29 heavy (non-hydrogen) atoms. The summed E-state index contributed by atoms with van der Waals surface area (Å²) in [5.41, 5.74) is 0. The van der Waals surface area contributed by atoms with Crippen LogP contribution in [0.5, 0.6) is 0 Å². The molecule has 0 aromatic rings. The molecule has 0 radical (unpaired) electrons. The minimum Gasteiger partial charge on any atom is -1.00 e. The van der Waals surface area contributed by atoms with Crippen LogP contribution in [0.4, 0.5) is 0 Å². The molecular weight excluding hydrogens is 1140 g/mol. The summed E-state index contributed by atoms with van der Waals surface area (Å²) < 4.78 is 0. The Labute approximate surface area is 1000 Å². The van der Waals surface area contributed by atoms with Crippen molar-refractivity contribution in [3.63, 3.8) is 0 Å². The van der Waals surface area contributed by atoms with Crippen LogP contribution in [0.25, 0.3) is 0 Å². The zero-order valence-corrected chi connectivity index (χ0v) is 76.1. The number of rotatable bonds is 0. The third-order valence-electron chi connectivity index (χ3n) is 0. The Bertz CT molecular complexity index is 92.8. The Balaban J connectivity index is 0. The molecule has 136 valence electrons. The first-order valence-corrected chi connectivity index (χ1v) is 0. The first-order valence-electron chi connectivity index (χ1n) is 0. The number of hydrogen-bond acceptors (Lipinski definition) is 0. The van der Waals surface area contributed by atoms with Crippen LogP contribution in [0.1, 0.15) is 68.5 Å². The predicted octanol–water partition coefficient (Wildman–Crippen LogP) is -1.63. The Morgan fingerprint density at radius 1 is 0.103 bits per heavy atom. The third kappa shape index (κ3) is 198. The molecule has 0 unspecified atom stereocenters. The van der Waals surface area contributed by atoms with E-state index in [9.17, 15) is 0 Å². The van der Waals surface area contributed by atoms with Crippen LogP contribution in [0.2, 0.25) is 0 Å². The van der Waals surface area contributed by atoms with E-state index in [1.54, 1.807) is 0 Å². The van der Waals surface area contributed by atoms with Gasteiger partial charge in [0.1, 0.15) is 0 Å². The normalized spacial score (nSPS) is 0. The van der Waals surface area contributed by atoms with Crippen molar-refractivity contribution in [1.82, 2.24) is 0 Å². The molecule has 0 spiro atoms. The van der Waals surface area contributed by atoms with Gasteiger partial charge in [0.05, 0.1) is 0 Å². The fraction of sp³-hybridized carbons (Fsp3) is 0. The molecule has 29 heteroatoms. The second-order valence-electron chi connectivity index (χ2n) is 0. The van der Waals surface area contributed by atoms with Gasteiger partial charge in [0.15, 0.2) is 0 Å². The molecule has 0 aliphatic rings. The summed E-state index contributed by atoms with van der Waals surface area (Å²) in [6.45, 7) is 0. The van der Waals surface area contributed by atoms with Crippen molar-refractivity contribution in [3.05, 3.63) is 0 Å². The standard InChI is InChI=1S/24Ca.5ClH.48H/h;;;;;;;;;;;;;;;;;;;;;;;;5*1H;;;;;;;;;;;;;;;;;;;;;;;;;;;;;;;;;;;;;;;;;;;;;;;;/q24*+2;;;;;;48*-1. The van der Waals surface area contributed by atoms with Crippen molar-refractivity contribution in [3.8, 4) is 0 Å². The Hall–Kier alpha value is 31.7. The van der Waals surface area contributed by atoms with Gasteiger partial charge in [-0.1, -0.05) is 0 Å². The van der Waals surface area contributed by atoms with Crippen molar-refractivity contribution in [1.29, 1.82) is 0 Å². The van der Waals surface area contributed by atoms with Gasteiger partial charge in [-0.15, -0.1) is 62.0 Å². The molecule has 0 nitrogen and oxygen atoms in total. The third-order valence-corrected chi connectivity index (χ3v) is 0. The van der Waals surface area contributed by atoms with Gasteiger partial charge in [-0.05, 0) is 0 Å². The summed E-state index contributed by atoms with van der Waals surface area (Å²) in [4.78, 5) is 0. The average Bonchev–Trinajstić information content (AvgIpc) is 0. The Morgan fingerprint density at radius 2 is 0.103 bits per heavy atom. The van der Waals surface area contributed by atoms with Crippen LogP contribution in [0.15, 0.2) is 0 Å². The van der Waals surface area contributed by atoms with E-state index in [1.165, 1.54) is 0 Å². The van der Waals surface area contributed by atoms with E-state index in [2.05, 4.69) is 0 Å². The van der Waals surface area contributed by atoms with Crippen molar-refractivity contribution < 1.29 is 68.5 Å². The van der Waals surface area contributed by atoms with E-state index in [0.717, 1.165) is 0 Å². The molecule has 0 bridgehead atoms. The van der Waals surface area contributed by atoms with E-state index in [-0.39, 0.29) is 1040 Å². The quantitative estimate of drug-likeness (QED) is 0.256. The van der Waals surface area contributed by atoms with E-state index in [4.69, 9.17) is 0 Å². The fourth-order valence-corrected chi connectivity index (χ4v) is 0. The van der Waals surface area contributed by atoms with Crippen LogP contribution in [0.3, 0.4) is 0 Å². The molecule has 0 aromatic carbocycles. The van der Waals surface area contributed by atoms with Gasteiger partial charge in [-0.2, -0.15) is 0 Å². The van der Waals surface area contributed by atoms with Crippen molar-refractivity contribution in [2.24, 2.45) is 0 Å². The molecule has 0 atom stereocenters. The van der Waals surface area contributed by atoms with Gasteiger partial charge < -0.3 is 68.5 Å². The van der Waals surface area contributed by atoms with E-state index in [1.807, 2.05) is 0 Å². The topological polar surface area (TPSA) is 0 Å². The van der Waals surface area contributed by atoms with Gasteiger partial charge in [0.25, 0.3) is 0 Å². The van der Waals surface area contributed by atoms with Crippen LogP contribution < -0.4 is 0 Å². The zero-order valence-electron chi connectivity index (χ0n) is 67.0. The molecule has 0 saturated carbocycles. The monoisotopic (exact) mass is 1190 g/mol. The van der Waals surface area contributed by atoms with Crippen molar-refractivity contribution in [2.45, 2.75) is 0 Å². The Morgan fingerprint density at radius 3 is 0.103 bits per heavy atom. The molecule has 0 aliphatic heterocycles. The molecule has 0 rings (SSSR count). The summed E-state index contributed by atoms with van der Waals surface area (Å²) in [6, 6.07) is 0. The zero-order chi connectivity index (χ0) is 0. The van der Waals surface area contributed by atoms with Crippen LogP contribution in [-0.2, 0) is 0 Å². The van der Waals surface area contributed by atoms with Crippen molar-refractivity contribution in [2.75, 3.05) is 0 Å². The van der Waals surface area contributed by atoms with Crippen LogP contribution in [-0.4, -0.2) is 906 Å². The molecule has 0 fully saturated rings. The molecular formula is H53Ca24Cl5.